The van der Waals surface area contributed by atoms with E-state index in [4.69, 9.17) is 10.00 Å². The van der Waals surface area contributed by atoms with Gasteiger partial charge in [-0.2, -0.15) is 5.26 Å². The van der Waals surface area contributed by atoms with Crippen LogP contribution in [-0.4, -0.2) is 12.9 Å². The molecule has 0 saturated carbocycles. The Morgan fingerprint density at radius 3 is 2.64 bits per heavy atom. The van der Waals surface area contributed by atoms with Crippen LogP contribution in [0.4, 0.5) is 0 Å². The minimum atomic E-state index is -0.143. The molecule has 4 heteroatoms. The second-order valence-corrected chi connectivity index (χ2v) is 3.55. The molecule has 0 aromatic heterocycles. The number of nitrogens with zero attached hydrogens (tertiary/aromatic N) is 1. The summed E-state index contributed by atoms with van der Waals surface area (Å²) in [6, 6.07) is 5.17. The lowest BCUT2D eigenvalue weighted by Gasteiger charge is -2.06. The number of methoxy groups -OCH3 is 1. The van der Waals surface area contributed by atoms with E-state index in [1.54, 1.807) is 12.1 Å². The highest BCUT2D eigenvalue weighted by molar-refractivity contribution is 9.10. The van der Waals surface area contributed by atoms with Gasteiger partial charge in [0.15, 0.2) is 5.78 Å². The van der Waals surface area contributed by atoms with Crippen LogP contribution < -0.4 is 4.74 Å². The van der Waals surface area contributed by atoms with Crippen LogP contribution in [0.1, 0.15) is 22.8 Å². The van der Waals surface area contributed by atoms with E-state index in [0.717, 1.165) is 0 Å². The number of hydrogen-bond donors (Lipinski definition) is 0. The molecule has 3 nitrogen and oxygen atoms in total. The van der Waals surface area contributed by atoms with Gasteiger partial charge in [-0.05, 0) is 35.0 Å². The molecule has 0 heterocycles. The van der Waals surface area contributed by atoms with Gasteiger partial charge in [-0.15, -0.1) is 0 Å². The fourth-order valence-electron chi connectivity index (χ4n) is 1.15. The van der Waals surface area contributed by atoms with E-state index >= 15 is 0 Å². The summed E-state index contributed by atoms with van der Waals surface area (Å²) in [7, 11) is 1.51. The normalized spacial score (nSPS) is 9.29. The maximum absolute atomic E-state index is 11.2. The number of carbonyl (C=O) groups excluding carboxylic acids is 1. The fourth-order valence-corrected chi connectivity index (χ4v) is 1.86. The van der Waals surface area contributed by atoms with Crippen LogP contribution >= 0.6 is 15.9 Å². The van der Waals surface area contributed by atoms with Crippen molar-refractivity contribution >= 4 is 21.7 Å². The van der Waals surface area contributed by atoms with Crippen LogP contribution in [0.2, 0.25) is 0 Å². The molecular weight excluding hydrogens is 246 g/mol. The Hall–Kier alpha value is -1.34. The van der Waals surface area contributed by atoms with E-state index in [9.17, 15) is 4.79 Å². The van der Waals surface area contributed by atoms with E-state index in [0.29, 0.717) is 21.3 Å². The molecule has 0 aliphatic heterocycles. The first-order chi connectivity index (χ1) is 6.60. The molecule has 0 amide bonds. The third-order valence-electron chi connectivity index (χ3n) is 1.77. The van der Waals surface area contributed by atoms with Gasteiger partial charge in [0.2, 0.25) is 0 Å². The lowest BCUT2D eigenvalue weighted by atomic mass is 10.1. The van der Waals surface area contributed by atoms with Crippen molar-refractivity contribution in [2.24, 2.45) is 0 Å². The number of ether oxygens (including phenoxy) is 1. The van der Waals surface area contributed by atoms with E-state index in [1.165, 1.54) is 14.0 Å². The molecule has 0 unspecified atom stereocenters. The molecule has 72 valence electrons. The van der Waals surface area contributed by atoms with Crippen LogP contribution in [0.5, 0.6) is 5.75 Å². The number of Topliss-reactive ketones (excluding diaryl/α,β-unsaturated/α-hetero) is 1. The number of rotatable bonds is 2. The molecule has 0 N–H and O–H groups in total. The second kappa shape index (κ2) is 4.25. The molecule has 0 saturated heterocycles. The average Bonchev–Trinajstić information content (AvgIpc) is 2.15. The quantitative estimate of drug-likeness (QED) is 0.762. The lowest BCUT2D eigenvalue weighted by molar-refractivity contribution is 0.101. The van der Waals surface area contributed by atoms with Crippen molar-refractivity contribution in [3.05, 3.63) is 27.7 Å². The zero-order valence-corrected chi connectivity index (χ0v) is 9.38. The standard InChI is InChI=1S/C10H8BrNO2/c1-6(13)10-7(5-12)3-8(14-2)4-9(10)11/h3-4H,1-2H3. The van der Waals surface area contributed by atoms with Crippen LogP contribution in [0.3, 0.4) is 0 Å². The summed E-state index contributed by atoms with van der Waals surface area (Å²) in [6.45, 7) is 1.42. The van der Waals surface area contributed by atoms with Gasteiger partial charge in [-0.1, -0.05) is 0 Å². The molecule has 14 heavy (non-hydrogen) atoms. The third-order valence-corrected chi connectivity index (χ3v) is 2.40. The van der Waals surface area contributed by atoms with Crippen molar-refractivity contribution in [3.63, 3.8) is 0 Å². The topological polar surface area (TPSA) is 50.1 Å². The zero-order valence-electron chi connectivity index (χ0n) is 7.80. The molecular formula is C10H8BrNO2. The van der Waals surface area contributed by atoms with Crippen molar-refractivity contribution in [2.75, 3.05) is 7.11 Å². The van der Waals surface area contributed by atoms with E-state index < -0.39 is 0 Å². The van der Waals surface area contributed by atoms with Crippen molar-refractivity contribution in [3.8, 4) is 11.8 Å². The van der Waals surface area contributed by atoms with Gasteiger partial charge in [0.1, 0.15) is 11.8 Å². The van der Waals surface area contributed by atoms with Crippen LogP contribution in [0.25, 0.3) is 0 Å². The molecule has 1 aromatic rings. The first-order valence-electron chi connectivity index (χ1n) is 3.88. The highest BCUT2D eigenvalue weighted by Crippen LogP contribution is 2.26. The molecule has 0 aliphatic rings. The Labute approximate surface area is 90.4 Å². The second-order valence-electron chi connectivity index (χ2n) is 2.70. The summed E-state index contributed by atoms with van der Waals surface area (Å²) in [5.74, 6) is 0.412. The van der Waals surface area contributed by atoms with Gasteiger partial charge in [0, 0.05) is 10.0 Å². The molecule has 0 aliphatic carbocycles. The lowest BCUT2D eigenvalue weighted by Crippen LogP contribution is -1.99. The van der Waals surface area contributed by atoms with Gasteiger partial charge in [-0.25, -0.2) is 0 Å². The predicted octanol–water partition coefficient (Wildman–Crippen LogP) is 2.53. The first kappa shape index (κ1) is 10.7. The Morgan fingerprint density at radius 1 is 1.57 bits per heavy atom. The summed E-state index contributed by atoms with van der Waals surface area (Å²) in [6.07, 6.45) is 0. The highest BCUT2D eigenvalue weighted by atomic mass is 79.9. The molecule has 1 rings (SSSR count). The monoisotopic (exact) mass is 253 g/mol. The minimum absolute atomic E-state index is 0.143. The largest absolute Gasteiger partial charge is 0.497 e. The Balaban J connectivity index is 3.44. The highest BCUT2D eigenvalue weighted by Gasteiger charge is 2.13. The molecule has 0 bridgehead atoms. The fraction of sp³-hybridized carbons (Fsp3) is 0.200. The van der Waals surface area contributed by atoms with E-state index in [2.05, 4.69) is 15.9 Å². The van der Waals surface area contributed by atoms with Crippen LogP contribution in [-0.2, 0) is 0 Å². The van der Waals surface area contributed by atoms with Gasteiger partial charge in [0.25, 0.3) is 0 Å². The maximum atomic E-state index is 11.2. The Kier molecular flexibility index (Phi) is 3.26. The number of ketones is 1. The van der Waals surface area contributed by atoms with Gasteiger partial charge in [0.05, 0.1) is 12.7 Å². The minimum Gasteiger partial charge on any atom is -0.497 e. The van der Waals surface area contributed by atoms with Crippen molar-refractivity contribution in [2.45, 2.75) is 6.92 Å². The Morgan fingerprint density at radius 2 is 2.21 bits per heavy atom. The SMILES string of the molecule is COc1cc(Br)c(C(C)=O)c(C#N)c1. The number of benzene rings is 1. The summed E-state index contributed by atoms with van der Waals surface area (Å²) in [4.78, 5) is 11.2. The van der Waals surface area contributed by atoms with Crippen LogP contribution in [0.15, 0.2) is 16.6 Å². The third kappa shape index (κ3) is 1.94. The van der Waals surface area contributed by atoms with Crippen molar-refractivity contribution < 1.29 is 9.53 Å². The predicted molar refractivity (Wildman–Crippen MR) is 55.4 cm³/mol. The van der Waals surface area contributed by atoms with Crippen molar-refractivity contribution in [1.29, 1.82) is 5.26 Å². The molecule has 0 radical (unpaired) electrons. The molecule has 0 fully saturated rings. The number of hydrogen-bond acceptors (Lipinski definition) is 3. The number of halogens is 1. The van der Waals surface area contributed by atoms with Gasteiger partial charge >= 0.3 is 0 Å². The van der Waals surface area contributed by atoms with Gasteiger partial charge in [-0.3, -0.25) is 4.79 Å². The van der Waals surface area contributed by atoms with Crippen molar-refractivity contribution in [1.82, 2.24) is 0 Å². The zero-order chi connectivity index (χ0) is 10.7. The van der Waals surface area contributed by atoms with Gasteiger partial charge < -0.3 is 4.74 Å². The first-order valence-corrected chi connectivity index (χ1v) is 4.68. The summed E-state index contributed by atoms with van der Waals surface area (Å²) in [5.41, 5.74) is 0.719. The smallest absolute Gasteiger partial charge is 0.162 e. The maximum Gasteiger partial charge on any atom is 0.162 e. The Bertz CT molecular complexity index is 421. The molecule has 0 atom stereocenters. The van der Waals surface area contributed by atoms with E-state index in [-0.39, 0.29) is 5.78 Å². The summed E-state index contributed by atoms with van der Waals surface area (Å²) >= 11 is 3.23. The molecule has 1 aromatic carbocycles. The number of nitriles is 1. The summed E-state index contributed by atoms with van der Waals surface area (Å²) < 4.78 is 5.56. The van der Waals surface area contributed by atoms with E-state index in [1.807, 2.05) is 6.07 Å². The number of carbonyl (C=O) groups is 1. The average molecular weight is 254 g/mol. The molecule has 0 spiro atoms. The van der Waals surface area contributed by atoms with Crippen LogP contribution in [0, 0.1) is 11.3 Å². The summed E-state index contributed by atoms with van der Waals surface area (Å²) in [5, 5.41) is 8.83.